The number of amides is 3. The van der Waals surface area contributed by atoms with Gasteiger partial charge in [-0.05, 0) is 123 Å². The van der Waals surface area contributed by atoms with E-state index >= 15 is 0 Å². The lowest BCUT2D eigenvalue weighted by Crippen LogP contribution is -2.30. The van der Waals surface area contributed by atoms with Gasteiger partial charge in [0.2, 0.25) is 0 Å². The summed E-state index contributed by atoms with van der Waals surface area (Å²) in [5.41, 5.74) is 9.08. The molecule has 4 aliphatic rings. The van der Waals surface area contributed by atoms with Crippen molar-refractivity contribution in [3.8, 4) is 0 Å². The van der Waals surface area contributed by atoms with E-state index < -0.39 is 47.5 Å². The summed E-state index contributed by atoms with van der Waals surface area (Å²) in [5.74, 6) is -2.91. The summed E-state index contributed by atoms with van der Waals surface area (Å²) in [6, 6.07) is 12.0. The van der Waals surface area contributed by atoms with Crippen molar-refractivity contribution in [2.75, 3.05) is 37.1 Å². The van der Waals surface area contributed by atoms with Crippen LogP contribution in [0, 0.1) is 23.3 Å². The maximum absolute atomic E-state index is 14.6. The van der Waals surface area contributed by atoms with Gasteiger partial charge in [-0.15, -0.1) is 12.4 Å². The molecular formula is C47H47Cl3F4N6O8. The van der Waals surface area contributed by atoms with Gasteiger partial charge in [-0.2, -0.15) is 0 Å². The van der Waals surface area contributed by atoms with E-state index in [-0.39, 0.29) is 64.3 Å². The summed E-state index contributed by atoms with van der Waals surface area (Å²) in [7, 11) is 0. The Balaban J connectivity index is 0.000000179. The number of ether oxygens (including phenoxy) is 4. The quantitative estimate of drug-likeness (QED) is 0.104. The van der Waals surface area contributed by atoms with E-state index in [2.05, 4.69) is 20.9 Å². The predicted octanol–water partition coefficient (Wildman–Crippen LogP) is 10.0. The van der Waals surface area contributed by atoms with Crippen molar-refractivity contribution < 1.29 is 55.7 Å². The first-order valence-electron chi connectivity index (χ1n) is 21.5. The van der Waals surface area contributed by atoms with Crippen LogP contribution in [0.2, 0.25) is 10.0 Å². The molecule has 0 radical (unpaired) electrons. The number of rotatable bonds is 9. The Morgan fingerprint density at radius 1 is 0.706 bits per heavy atom. The number of carbonyl (C=O) groups excluding carboxylic acids is 4. The van der Waals surface area contributed by atoms with Crippen LogP contribution in [-0.2, 0) is 31.8 Å². The van der Waals surface area contributed by atoms with Gasteiger partial charge in [-0.3, -0.25) is 9.59 Å². The lowest BCUT2D eigenvalue weighted by molar-refractivity contribution is 0.0428. The topological polar surface area (TPSA) is 185 Å². The van der Waals surface area contributed by atoms with Gasteiger partial charge in [0, 0.05) is 65.3 Å². The number of fused-ring (bicyclic) bond motifs is 2. The second-order valence-corrected chi connectivity index (χ2v) is 16.8. The van der Waals surface area contributed by atoms with Crippen LogP contribution in [0.5, 0.6) is 0 Å². The van der Waals surface area contributed by atoms with Gasteiger partial charge in [0.05, 0.1) is 28.3 Å². The van der Waals surface area contributed by atoms with Crippen LogP contribution in [0.15, 0.2) is 79.4 Å². The highest BCUT2D eigenvalue weighted by Gasteiger charge is 2.32. The molecule has 2 aliphatic heterocycles. The van der Waals surface area contributed by atoms with Crippen molar-refractivity contribution in [2.45, 2.75) is 75.7 Å². The number of alkyl carbamates (subject to hydrolysis) is 1. The van der Waals surface area contributed by atoms with E-state index in [1.54, 1.807) is 6.20 Å². The fourth-order valence-corrected chi connectivity index (χ4v) is 8.45. The molecule has 4 aromatic carbocycles. The molecule has 4 atom stereocenters. The van der Waals surface area contributed by atoms with Crippen LogP contribution in [0.1, 0.15) is 93.6 Å². The Bertz CT molecular complexity index is 2600. The molecule has 0 spiro atoms. The number of aromatic nitrogens is 2. The number of carbonyl (C=O) groups is 4. The minimum absolute atomic E-state index is 0. The van der Waals surface area contributed by atoms with Crippen LogP contribution in [0.3, 0.4) is 0 Å². The molecule has 0 unspecified atom stereocenters. The van der Waals surface area contributed by atoms with Gasteiger partial charge in [-0.25, -0.2) is 36.7 Å². The maximum Gasteiger partial charge on any atom is 0.419 e. The SMILES string of the molecule is Cl.N[C@H]1CCc2c(C(=O)Nc3ccc(F)c(Cl)c3)ccc(F)c21.O=C(N[C@H]1CCc2c(C(=O)Nc3ccc(F)c(Cl)c3)ccc(F)c21)OC[C@@H]1CCCO1.O=C(OC[C@@H]1CCCO1)n1ccnc1. The van der Waals surface area contributed by atoms with E-state index in [1.807, 2.05) is 0 Å². The van der Waals surface area contributed by atoms with E-state index in [4.69, 9.17) is 47.9 Å². The molecule has 3 amide bonds. The Hall–Kier alpha value is -5.76. The average Bonchev–Trinajstić information content (AvgIpc) is 4.18. The number of nitrogens with two attached hydrogens (primary N) is 1. The standard InChI is InChI=1S/C22H21ClF2N2O4.C16H13ClF2N2O.C9H12N2O3.ClH/c23-16-10-12(3-6-17(16)24)26-21(28)15-4-7-18(25)20-14(15)5-8-19(20)27-22(29)31-11-13-2-1-9-30-13;17-11-7-8(1-4-12(11)18)21-16(22)10-2-5-13(19)15-9(10)3-6-14(15)20;12-9(11-4-3-10-7-11)14-6-8-2-1-5-13-8;/h3-4,6-7,10,13,19H,1-2,5,8-9,11H2,(H,26,28)(H,27,29);1-2,4-5,7,14H,3,6,20H2,(H,21,22);3-4,7-8H,1-2,5-6H2;1H/t13-,19-;14-;8-;/m000./s1. The summed E-state index contributed by atoms with van der Waals surface area (Å²) < 4.78 is 77.2. The smallest absolute Gasteiger partial charge is 0.419 e. The first kappa shape index (κ1) is 51.6. The Kier molecular flexibility index (Phi) is 18.2. The minimum atomic E-state index is -0.649. The lowest BCUT2D eigenvalue weighted by Gasteiger charge is -2.17. The Morgan fingerprint density at radius 3 is 1.74 bits per heavy atom. The molecule has 362 valence electrons. The first-order valence-corrected chi connectivity index (χ1v) is 22.2. The highest BCUT2D eigenvalue weighted by atomic mass is 35.5. The third kappa shape index (κ3) is 13.1. The van der Waals surface area contributed by atoms with E-state index in [9.17, 15) is 36.7 Å². The van der Waals surface area contributed by atoms with Gasteiger partial charge < -0.3 is 40.6 Å². The molecule has 0 saturated carbocycles. The number of nitrogens with zero attached hydrogens (tertiary/aromatic N) is 2. The zero-order valence-corrected chi connectivity index (χ0v) is 38.5. The van der Waals surface area contributed by atoms with Gasteiger partial charge in [0.1, 0.15) is 42.8 Å². The minimum Gasteiger partial charge on any atom is -0.447 e. The lowest BCUT2D eigenvalue weighted by atomic mass is 10.0. The zero-order chi connectivity index (χ0) is 47.6. The van der Waals surface area contributed by atoms with Gasteiger partial charge in [-0.1, -0.05) is 23.2 Å². The van der Waals surface area contributed by atoms with Crippen molar-refractivity contribution in [1.82, 2.24) is 14.9 Å². The third-order valence-corrected chi connectivity index (χ3v) is 12.0. The van der Waals surface area contributed by atoms with Crippen molar-refractivity contribution in [3.63, 3.8) is 0 Å². The molecule has 2 fully saturated rings. The molecule has 3 heterocycles. The van der Waals surface area contributed by atoms with Crippen molar-refractivity contribution in [1.29, 1.82) is 0 Å². The number of benzene rings is 4. The van der Waals surface area contributed by atoms with E-state index in [0.29, 0.717) is 72.5 Å². The highest BCUT2D eigenvalue weighted by molar-refractivity contribution is 6.31. The van der Waals surface area contributed by atoms with Crippen LogP contribution >= 0.6 is 35.6 Å². The average molecular weight is 1010 g/mol. The molecule has 68 heavy (non-hydrogen) atoms. The van der Waals surface area contributed by atoms with Crippen LogP contribution < -0.4 is 21.7 Å². The number of nitrogens with one attached hydrogen (secondary N) is 3. The zero-order valence-electron chi connectivity index (χ0n) is 36.2. The fraction of sp³-hybridized carbons (Fsp3) is 0.340. The molecule has 9 rings (SSSR count). The summed E-state index contributed by atoms with van der Waals surface area (Å²) in [5, 5.41) is 7.77. The number of halogens is 7. The van der Waals surface area contributed by atoms with E-state index in [1.165, 1.54) is 71.7 Å². The second-order valence-electron chi connectivity index (χ2n) is 15.9. The largest absolute Gasteiger partial charge is 0.447 e. The first-order chi connectivity index (χ1) is 32.2. The molecule has 5 aromatic rings. The Labute approximate surface area is 404 Å². The van der Waals surface area contributed by atoms with Crippen LogP contribution in [0.4, 0.5) is 38.5 Å². The van der Waals surface area contributed by atoms with Crippen LogP contribution in [0.25, 0.3) is 0 Å². The van der Waals surface area contributed by atoms with Crippen molar-refractivity contribution in [3.05, 3.63) is 146 Å². The number of hydrogen-bond donors (Lipinski definition) is 4. The normalized spacial score (nSPS) is 18.6. The monoisotopic (exact) mass is 1000 g/mol. The molecule has 0 bridgehead atoms. The van der Waals surface area contributed by atoms with Crippen molar-refractivity contribution >= 4 is 71.0 Å². The fourth-order valence-electron chi connectivity index (χ4n) is 8.09. The summed E-state index contributed by atoms with van der Waals surface area (Å²) >= 11 is 11.4. The Morgan fingerprint density at radius 2 is 1.22 bits per heavy atom. The van der Waals surface area contributed by atoms with Crippen molar-refractivity contribution in [2.24, 2.45) is 5.73 Å². The molecule has 21 heteroatoms. The highest BCUT2D eigenvalue weighted by Crippen LogP contribution is 2.37. The van der Waals surface area contributed by atoms with E-state index in [0.717, 1.165) is 38.4 Å². The second kappa shape index (κ2) is 24.0. The molecule has 1 aromatic heterocycles. The van der Waals surface area contributed by atoms with Gasteiger partial charge in [0.25, 0.3) is 11.8 Å². The molecule has 5 N–H and O–H groups in total. The van der Waals surface area contributed by atoms with Gasteiger partial charge in [0.15, 0.2) is 0 Å². The molecular weight excluding hydrogens is 959 g/mol. The number of imidazole rings is 1. The third-order valence-electron chi connectivity index (χ3n) is 11.4. The summed E-state index contributed by atoms with van der Waals surface area (Å²) in [4.78, 5) is 52.4. The number of anilines is 2. The number of hydrogen-bond acceptors (Lipinski definition) is 10. The van der Waals surface area contributed by atoms with Gasteiger partial charge >= 0.3 is 12.2 Å². The molecule has 14 nitrogen and oxygen atoms in total. The summed E-state index contributed by atoms with van der Waals surface area (Å²) in [6.45, 7) is 1.91. The molecule has 2 aliphatic carbocycles. The molecule has 2 saturated heterocycles. The predicted molar refractivity (Wildman–Crippen MR) is 246 cm³/mol. The maximum atomic E-state index is 14.6. The van der Waals surface area contributed by atoms with Crippen LogP contribution in [-0.4, -0.2) is 72.2 Å². The summed E-state index contributed by atoms with van der Waals surface area (Å²) in [6.07, 6.45) is 9.23.